The summed E-state index contributed by atoms with van der Waals surface area (Å²) < 4.78 is 5.53. The number of ether oxygens (including phenoxy) is 1. The molecule has 116 valence electrons. The van der Waals surface area contributed by atoms with Crippen LogP contribution in [0.4, 0.5) is 5.69 Å². The van der Waals surface area contributed by atoms with Gasteiger partial charge in [-0.3, -0.25) is 4.79 Å². The second-order valence-electron chi connectivity index (χ2n) is 4.43. The summed E-state index contributed by atoms with van der Waals surface area (Å²) in [6.07, 6.45) is -0.784. The van der Waals surface area contributed by atoms with Crippen LogP contribution in [0.15, 0.2) is 36.4 Å². The first-order chi connectivity index (χ1) is 10.4. The second-order valence-corrected chi connectivity index (χ2v) is 6.05. The Hall–Kier alpha value is -1.13. The molecule has 0 aliphatic carbocycles. The van der Waals surface area contributed by atoms with Crippen molar-refractivity contribution in [2.75, 3.05) is 5.32 Å². The fourth-order valence-electron chi connectivity index (χ4n) is 1.65. The zero-order valence-electron chi connectivity index (χ0n) is 11.4. The minimum absolute atomic E-state index is 0.272. The van der Waals surface area contributed by atoms with Crippen molar-refractivity contribution in [3.63, 3.8) is 0 Å². The van der Waals surface area contributed by atoms with Crippen LogP contribution >= 0.6 is 46.4 Å². The molecule has 0 aliphatic heterocycles. The molecule has 0 saturated carbocycles. The summed E-state index contributed by atoms with van der Waals surface area (Å²) in [5, 5.41) is 4.09. The number of benzene rings is 2. The third-order valence-electron chi connectivity index (χ3n) is 2.78. The van der Waals surface area contributed by atoms with Crippen molar-refractivity contribution in [2.45, 2.75) is 13.0 Å². The van der Waals surface area contributed by atoms with Crippen LogP contribution in [0.1, 0.15) is 6.92 Å². The molecule has 0 bridgehead atoms. The molecule has 2 rings (SSSR count). The van der Waals surface area contributed by atoms with Gasteiger partial charge in [0.05, 0.1) is 20.8 Å². The van der Waals surface area contributed by atoms with Gasteiger partial charge in [-0.1, -0.05) is 52.5 Å². The summed E-state index contributed by atoms with van der Waals surface area (Å²) in [6.45, 7) is 1.60. The van der Waals surface area contributed by atoms with Crippen LogP contribution in [0.25, 0.3) is 0 Å². The van der Waals surface area contributed by atoms with Crippen molar-refractivity contribution in [3.05, 3.63) is 56.5 Å². The number of carbonyl (C=O) groups excluding carboxylic acids is 1. The van der Waals surface area contributed by atoms with Crippen LogP contribution in [-0.2, 0) is 4.79 Å². The van der Waals surface area contributed by atoms with Crippen molar-refractivity contribution >= 4 is 58.0 Å². The van der Waals surface area contributed by atoms with E-state index >= 15 is 0 Å². The molecule has 3 nitrogen and oxygen atoms in total. The summed E-state index contributed by atoms with van der Waals surface area (Å²) in [7, 11) is 0. The standard InChI is InChI=1S/C15H11Cl4NO2/c1-8(22-13-6-5-9(16)7-11(13)18)15(21)20-12-4-2-3-10(17)14(12)19/h2-8H,1H3,(H,20,21)/t8-/m1/s1. The largest absolute Gasteiger partial charge is 0.479 e. The number of rotatable bonds is 4. The highest BCUT2D eigenvalue weighted by Gasteiger charge is 2.18. The molecule has 1 atom stereocenters. The topological polar surface area (TPSA) is 38.3 Å². The molecule has 2 aromatic carbocycles. The third kappa shape index (κ3) is 4.20. The van der Waals surface area contributed by atoms with Crippen molar-refractivity contribution in [1.29, 1.82) is 0 Å². The van der Waals surface area contributed by atoms with Crippen LogP contribution < -0.4 is 10.1 Å². The molecule has 0 heterocycles. The van der Waals surface area contributed by atoms with E-state index in [2.05, 4.69) is 5.32 Å². The lowest BCUT2D eigenvalue weighted by Crippen LogP contribution is -2.30. The first-order valence-corrected chi connectivity index (χ1v) is 7.76. The van der Waals surface area contributed by atoms with E-state index in [4.69, 9.17) is 51.1 Å². The number of nitrogens with one attached hydrogen (secondary N) is 1. The number of carbonyl (C=O) groups is 1. The van der Waals surface area contributed by atoms with E-state index in [-0.39, 0.29) is 10.9 Å². The van der Waals surface area contributed by atoms with Gasteiger partial charge in [0.15, 0.2) is 6.10 Å². The molecule has 0 saturated heterocycles. The van der Waals surface area contributed by atoms with Crippen LogP contribution in [-0.4, -0.2) is 12.0 Å². The van der Waals surface area contributed by atoms with E-state index in [9.17, 15) is 4.79 Å². The maximum atomic E-state index is 12.2. The maximum Gasteiger partial charge on any atom is 0.265 e. The Kier molecular flexibility index (Phi) is 5.81. The lowest BCUT2D eigenvalue weighted by molar-refractivity contribution is -0.122. The molecule has 0 spiro atoms. The highest BCUT2D eigenvalue weighted by atomic mass is 35.5. The van der Waals surface area contributed by atoms with Crippen LogP contribution in [0.2, 0.25) is 20.1 Å². The highest BCUT2D eigenvalue weighted by molar-refractivity contribution is 6.44. The van der Waals surface area contributed by atoms with Gasteiger partial charge in [0.25, 0.3) is 5.91 Å². The van der Waals surface area contributed by atoms with E-state index in [0.717, 1.165) is 0 Å². The Morgan fingerprint density at radius 3 is 2.50 bits per heavy atom. The first kappa shape index (κ1) is 17.2. The quantitative estimate of drug-likeness (QED) is 0.740. The maximum absolute atomic E-state index is 12.2. The fourth-order valence-corrected chi connectivity index (χ4v) is 2.45. The van der Waals surface area contributed by atoms with Gasteiger partial charge in [-0.15, -0.1) is 0 Å². The average Bonchev–Trinajstić information content (AvgIpc) is 2.46. The molecule has 1 amide bonds. The lowest BCUT2D eigenvalue weighted by Gasteiger charge is -2.16. The van der Waals surface area contributed by atoms with Crippen molar-refractivity contribution < 1.29 is 9.53 Å². The monoisotopic (exact) mass is 377 g/mol. The van der Waals surface area contributed by atoms with Gasteiger partial charge in [0.1, 0.15) is 5.75 Å². The molecule has 0 fully saturated rings. The number of amides is 1. The Balaban J connectivity index is 2.07. The molecule has 2 aromatic rings. The van der Waals surface area contributed by atoms with E-state index in [1.807, 2.05) is 0 Å². The van der Waals surface area contributed by atoms with E-state index in [1.165, 1.54) is 6.07 Å². The summed E-state index contributed by atoms with van der Waals surface area (Å²) >= 11 is 23.7. The third-order valence-corrected chi connectivity index (χ3v) is 4.13. The molecule has 0 aliphatic rings. The fraction of sp³-hybridized carbons (Fsp3) is 0.133. The van der Waals surface area contributed by atoms with Gasteiger partial charge in [-0.25, -0.2) is 0 Å². The van der Waals surface area contributed by atoms with E-state index < -0.39 is 6.10 Å². The minimum atomic E-state index is -0.784. The van der Waals surface area contributed by atoms with Gasteiger partial charge in [0.2, 0.25) is 0 Å². The summed E-state index contributed by atoms with van der Waals surface area (Å²) in [4.78, 5) is 12.2. The Morgan fingerprint density at radius 1 is 1.09 bits per heavy atom. The zero-order valence-corrected chi connectivity index (χ0v) is 14.4. The lowest BCUT2D eigenvalue weighted by atomic mass is 10.3. The summed E-state index contributed by atoms with van der Waals surface area (Å²) in [5.41, 5.74) is 0.414. The summed E-state index contributed by atoms with van der Waals surface area (Å²) in [6, 6.07) is 9.73. The smallest absolute Gasteiger partial charge is 0.265 e. The number of anilines is 1. The van der Waals surface area contributed by atoms with Crippen molar-refractivity contribution in [1.82, 2.24) is 0 Å². The van der Waals surface area contributed by atoms with Gasteiger partial charge >= 0.3 is 0 Å². The first-order valence-electron chi connectivity index (χ1n) is 6.25. The molecule has 22 heavy (non-hydrogen) atoms. The van der Waals surface area contributed by atoms with E-state index in [0.29, 0.717) is 26.5 Å². The molecule has 0 aromatic heterocycles. The van der Waals surface area contributed by atoms with Crippen LogP contribution in [0.3, 0.4) is 0 Å². The predicted octanol–water partition coefficient (Wildman–Crippen LogP) is 5.71. The SMILES string of the molecule is C[C@@H](Oc1ccc(Cl)cc1Cl)C(=O)Nc1cccc(Cl)c1Cl. The van der Waals surface area contributed by atoms with Gasteiger partial charge in [-0.2, -0.15) is 0 Å². The zero-order chi connectivity index (χ0) is 16.3. The number of halogens is 4. The molecular weight excluding hydrogens is 368 g/mol. The minimum Gasteiger partial charge on any atom is -0.479 e. The molecule has 1 N–H and O–H groups in total. The average molecular weight is 379 g/mol. The van der Waals surface area contributed by atoms with Crippen molar-refractivity contribution in [3.8, 4) is 5.75 Å². The predicted molar refractivity (Wildman–Crippen MR) is 91.6 cm³/mol. The molecule has 0 unspecified atom stereocenters. The molecule has 7 heteroatoms. The number of hydrogen-bond acceptors (Lipinski definition) is 2. The van der Waals surface area contributed by atoms with Crippen LogP contribution in [0.5, 0.6) is 5.75 Å². The van der Waals surface area contributed by atoms with Crippen molar-refractivity contribution in [2.24, 2.45) is 0 Å². The number of hydrogen-bond donors (Lipinski definition) is 1. The second kappa shape index (κ2) is 7.42. The van der Waals surface area contributed by atoms with Gasteiger partial charge in [0, 0.05) is 5.02 Å². The van der Waals surface area contributed by atoms with Gasteiger partial charge < -0.3 is 10.1 Å². The molecule has 0 radical (unpaired) electrons. The Bertz CT molecular complexity index is 706. The Labute approximate surface area is 148 Å². The normalized spacial score (nSPS) is 11.9. The van der Waals surface area contributed by atoms with Crippen LogP contribution in [0, 0.1) is 0 Å². The van der Waals surface area contributed by atoms with E-state index in [1.54, 1.807) is 37.3 Å². The Morgan fingerprint density at radius 2 is 1.82 bits per heavy atom. The highest BCUT2D eigenvalue weighted by Crippen LogP contribution is 2.31. The van der Waals surface area contributed by atoms with Gasteiger partial charge in [-0.05, 0) is 37.3 Å². The molecular formula is C15H11Cl4NO2. The summed E-state index contributed by atoms with van der Waals surface area (Å²) in [5.74, 6) is -0.0129.